The number of halogens is 2. The normalized spacial score (nSPS) is 21.1. The number of piperazine rings is 1. The Labute approximate surface area is 139 Å². The van der Waals surface area contributed by atoms with E-state index in [-0.39, 0.29) is 0 Å². The second-order valence-corrected chi connectivity index (χ2v) is 7.89. The Balaban J connectivity index is 2.00. The van der Waals surface area contributed by atoms with Crippen LogP contribution in [0.25, 0.3) is 0 Å². The number of rotatable bonds is 5. The molecule has 2 N–H and O–H groups in total. The van der Waals surface area contributed by atoms with Gasteiger partial charge in [0.2, 0.25) is 0 Å². The summed E-state index contributed by atoms with van der Waals surface area (Å²) in [5, 5.41) is 0. The zero-order valence-electron chi connectivity index (χ0n) is 12.1. The summed E-state index contributed by atoms with van der Waals surface area (Å²) in [6.45, 7) is 9.64. The molecule has 0 saturated carbocycles. The van der Waals surface area contributed by atoms with Crippen molar-refractivity contribution in [2.75, 3.05) is 32.7 Å². The van der Waals surface area contributed by atoms with Crippen LogP contribution in [0.5, 0.6) is 0 Å². The Hall–Kier alpha value is 0.350. The van der Waals surface area contributed by atoms with Crippen molar-refractivity contribution in [3.05, 3.63) is 19.8 Å². The average Bonchev–Trinajstić information content (AvgIpc) is 2.79. The van der Waals surface area contributed by atoms with Gasteiger partial charge in [-0.1, -0.05) is 18.5 Å². The third kappa shape index (κ3) is 3.76. The third-order valence-electron chi connectivity index (χ3n) is 4.22. The molecule has 1 fully saturated rings. The van der Waals surface area contributed by atoms with Crippen LogP contribution >= 0.6 is 38.9 Å². The predicted molar refractivity (Wildman–Crippen MR) is 91.7 cm³/mol. The van der Waals surface area contributed by atoms with E-state index in [0.29, 0.717) is 18.6 Å². The van der Waals surface area contributed by atoms with Crippen molar-refractivity contribution in [2.45, 2.75) is 32.4 Å². The zero-order chi connectivity index (χ0) is 14.7. The van der Waals surface area contributed by atoms with Gasteiger partial charge in [0.05, 0.1) is 6.04 Å². The Kier molecular flexibility index (Phi) is 6.32. The van der Waals surface area contributed by atoms with E-state index in [1.807, 2.05) is 0 Å². The van der Waals surface area contributed by atoms with Gasteiger partial charge in [-0.15, -0.1) is 11.3 Å². The van der Waals surface area contributed by atoms with Crippen LogP contribution in [0.2, 0.25) is 4.34 Å². The highest BCUT2D eigenvalue weighted by Crippen LogP contribution is 2.37. The fourth-order valence-corrected chi connectivity index (χ4v) is 4.60. The minimum absolute atomic E-state index is 0.294. The zero-order valence-corrected chi connectivity index (χ0v) is 15.3. The molecule has 1 aromatic heterocycles. The van der Waals surface area contributed by atoms with Gasteiger partial charge in [0.15, 0.2) is 0 Å². The van der Waals surface area contributed by atoms with E-state index in [0.717, 1.165) is 35.0 Å². The Morgan fingerprint density at radius 3 is 2.40 bits per heavy atom. The third-order valence-corrected chi connectivity index (χ3v) is 6.80. The summed E-state index contributed by atoms with van der Waals surface area (Å²) in [5.74, 6) is 0. The molecule has 1 aliphatic heterocycles. The van der Waals surface area contributed by atoms with E-state index in [9.17, 15) is 0 Å². The van der Waals surface area contributed by atoms with Crippen LogP contribution in [0.1, 0.15) is 31.2 Å². The maximum Gasteiger partial charge on any atom is 0.107 e. The lowest BCUT2D eigenvalue weighted by molar-refractivity contribution is 0.0753. The lowest BCUT2D eigenvalue weighted by Crippen LogP contribution is -2.51. The molecule has 2 rings (SSSR count). The van der Waals surface area contributed by atoms with Gasteiger partial charge in [-0.3, -0.25) is 9.80 Å². The Bertz CT molecular complexity index is 413. The fraction of sp³-hybridized carbons (Fsp3) is 0.714. The summed E-state index contributed by atoms with van der Waals surface area (Å²) in [4.78, 5) is 6.33. The molecule has 6 heteroatoms. The molecule has 1 aliphatic rings. The van der Waals surface area contributed by atoms with Crippen molar-refractivity contribution in [1.29, 1.82) is 0 Å². The van der Waals surface area contributed by atoms with Gasteiger partial charge < -0.3 is 5.73 Å². The van der Waals surface area contributed by atoms with Gasteiger partial charge in [-0.25, -0.2) is 0 Å². The predicted octanol–water partition coefficient (Wildman–Crippen LogP) is 3.58. The highest BCUT2D eigenvalue weighted by Gasteiger charge is 2.27. The van der Waals surface area contributed by atoms with Crippen molar-refractivity contribution in [3.8, 4) is 0 Å². The molecule has 2 unspecified atom stereocenters. The molecular formula is C14H23BrClN3S. The first-order valence-corrected chi connectivity index (χ1v) is 9.18. The smallest absolute Gasteiger partial charge is 0.107 e. The monoisotopic (exact) mass is 379 g/mol. The standard InChI is InChI=1S/C14H23BrClN3S/c1-3-10(2)18-4-6-19(7-5-18)12(9-17)13-8-11(15)14(16)20-13/h8,10,12H,3-7,9,17H2,1-2H3. The second kappa shape index (κ2) is 7.56. The SMILES string of the molecule is CCC(C)N1CCN(C(CN)c2cc(Br)c(Cl)s2)CC1. The minimum Gasteiger partial charge on any atom is -0.329 e. The average molecular weight is 381 g/mol. The highest BCUT2D eigenvalue weighted by atomic mass is 79.9. The number of nitrogens with zero attached hydrogens (tertiary/aromatic N) is 2. The van der Waals surface area contributed by atoms with Gasteiger partial charge in [-0.2, -0.15) is 0 Å². The molecule has 0 amide bonds. The van der Waals surface area contributed by atoms with Crippen LogP contribution in [-0.4, -0.2) is 48.6 Å². The molecule has 0 spiro atoms. The van der Waals surface area contributed by atoms with Crippen molar-refractivity contribution >= 4 is 38.9 Å². The van der Waals surface area contributed by atoms with Crippen molar-refractivity contribution in [1.82, 2.24) is 9.80 Å². The molecule has 2 atom stereocenters. The summed E-state index contributed by atoms with van der Waals surface area (Å²) < 4.78 is 1.80. The summed E-state index contributed by atoms with van der Waals surface area (Å²) in [5.41, 5.74) is 6.01. The molecule has 1 aromatic rings. The van der Waals surface area contributed by atoms with Gasteiger partial charge in [0.25, 0.3) is 0 Å². The quantitative estimate of drug-likeness (QED) is 0.847. The Morgan fingerprint density at radius 2 is 1.95 bits per heavy atom. The molecule has 2 heterocycles. The van der Waals surface area contributed by atoms with Gasteiger partial charge in [0.1, 0.15) is 4.34 Å². The van der Waals surface area contributed by atoms with Crippen molar-refractivity contribution in [3.63, 3.8) is 0 Å². The molecule has 0 aliphatic carbocycles. The van der Waals surface area contributed by atoms with Crippen LogP contribution in [-0.2, 0) is 0 Å². The first-order valence-electron chi connectivity index (χ1n) is 7.19. The summed E-state index contributed by atoms with van der Waals surface area (Å²) in [7, 11) is 0. The fourth-order valence-electron chi connectivity index (χ4n) is 2.72. The molecule has 114 valence electrons. The van der Waals surface area contributed by atoms with E-state index >= 15 is 0 Å². The highest BCUT2D eigenvalue weighted by molar-refractivity contribution is 9.10. The summed E-state index contributed by atoms with van der Waals surface area (Å²) in [6, 6.07) is 3.09. The summed E-state index contributed by atoms with van der Waals surface area (Å²) >= 11 is 11.3. The van der Waals surface area contributed by atoms with Gasteiger partial charge in [0, 0.05) is 48.1 Å². The van der Waals surface area contributed by atoms with E-state index in [1.54, 1.807) is 11.3 Å². The lowest BCUT2D eigenvalue weighted by Gasteiger charge is -2.40. The second-order valence-electron chi connectivity index (χ2n) is 5.35. The van der Waals surface area contributed by atoms with Crippen LogP contribution < -0.4 is 5.73 Å². The molecule has 0 radical (unpaired) electrons. The van der Waals surface area contributed by atoms with Gasteiger partial charge in [-0.05, 0) is 35.3 Å². The topological polar surface area (TPSA) is 32.5 Å². The van der Waals surface area contributed by atoms with Crippen LogP contribution in [0.15, 0.2) is 10.5 Å². The molecule has 20 heavy (non-hydrogen) atoms. The van der Waals surface area contributed by atoms with E-state index in [1.165, 1.54) is 11.3 Å². The van der Waals surface area contributed by atoms with E-state index in [2.05, 4.69) is 45.6 Å². The van der Waals surface area contributed by atoms with Crippen molar-refractivity contribution < 1.29 is 0 Å². The number of hydrogen-bond acceptors (Lipinski definition) is 4. The molecular weight excluding hydrogens is 358 g/mol. The number of hydrogen-bond donors (Lipinski definition) is 1. The van der Waals surface area contributed by atoms with Crippen molar-refractivity contribution in [2.24, 2.45) is 5.73 Å². The minimum atomic E-state index is 0.294. The molecule has 1 saturated heterocycles. The van der Waals surface area contributed by atoms with Gasteiger partial charge >= 0.3 is 0 Å². The van der Waals surface area contributed by atoms with E-state index in [4.69, 9.17) is 17.3 Å². The number of nitrogens with two attached hydrogens (primary N) is 1. The molecule has 0 aromatic carbocycles. The van der Waals surface area contributed by atoms with Crippen LogP contribution in [0, 0.1) is 0 Å². The van der Waals surface area contributed by atoms with Crippen LogP contribution in [0.4, 0.5) is 0 Å². The lowest BCUT2D eigenvalue weighted by atomic mass is 10.1. The van der Waals surface area contributed by atoms with E-state index < -0.39 is 0 Å². The largest absolute Gasteiger partial charge is 0.329 e. The van der Waals surface area contributed by atoms with Crippen LogP contribution in [0.3, 0.4) is 0 Å². The maximum absolute atomic E-state index is 6.16. The molecule has 3 nitrogen and oxygen atoms in total. The molecule has 0 bridgehead atoms. The first-order chi connectivity index (χ1) is 9.56. The first kappa shape index (κ1) is 16.7. The maximum atomic E-state index is 6.16. The Morgan fingerprint density at radius 1 is 1.35 bits per heavy atom. The number of thiophene rings is 1. The summed E-state index contributed by atoms with van der Waals surface area (Å²) in [6.07, 6.45) is 1.22.